The molecule has 0 aliphatic rings. The lowest BCUT2D eigenvalue weighted by molar-refractivity contribution is 0.0205. The predicted molar refractivity (Wildman–Crippen MR) is 143 cm³/mol. The zero-order valence-corrected chi connectivity index (χ0v) is 24.0. The van der Waals surface area contributed by atoms with Crippen LogP contribution in [-0.2, 0) is 10.2 Å². The molecule has 0 saturated heterocycles. The number of carbonyl (C=O) groups excluding carboxylic acids is 1. The van der Waals surface area contributed by atoms with Crippen molar-refractivity contribution in [2.75, 3.05) is 0 Å². The largest absolute Gasteiger partial charge is 0.514 e. The molecule has 0 aliphatic carbocycles. The van der Waals surface area contributed by atoms with Crippen molar-refractivity contribution in [3.05, 3.63) is 43.9 Å². The van der Waals surface area contributed by atoms with Crippen LogP contribution in [0.3, 0.4) is 0 Å². The number of benzene rings is 2. The van der Waals surface area contributed by atoms with Gasteiger partial charge in [0, 0.05) is 0 Å². The van der Waals surface area contributed by atoms with Gasteiger partial charge in [-0.1, -0.05) is 87.1 Å². The van der Waals surface area contributed by atoms with Crippen molar-refractivity contribution >= 4 is 63.6 Å². The minimum Gasteiger partial charge on any atom is -0.428 e. The van der Waals surface area contributed by atoms with Crippen LogP contribution in [0.5, 0.6) is 5.75 Å². The third-order valence-corrected chi connectivity index (χ3v) is 6.90. The van der Waals surface area contributed by atoms with Crippen LogP contribution in [0.15, 0.2) is 18.2 Å². The molecule has 1 aromatic heterocycles. The quantitative estimate of drug-likeness (QED) is 0.138. The van der Waals surface area contributed by atoms with Gasteiger partial charge in [0.1, 0.15) is 22.3 Å². The van der Waals surface area contributed by atoms with Crippen molar-refractivity contribution < 1.29 is 14.3 Å². The Morgan fingerprint density at radius 3 is 1.83 bits per heavy atom. The van der Waals surface area contributed by atoms with Crippen molar-refractivity contribution in [2.45, 2.75) is 72.8 Å². The maximum absolute atomic E-state index is 12.5. The fourth-order valence-electron chi connectivity index (χ4n) is 4.08. The van der Waals surface area contributed by atoms with Crippen molar-refractivity contribution in [2.24, 2.45) is 5.41 Å². The van der Waals surface area contributed by atoms with Crippen LogP contribution in [0, 0.1) is 5.41 Å². The third kappa shape index (κ3) is 6.34. The van der Waals surface area contributed by atoms with Gasteiger partial charge in [0.05, 0.1) is 20.1 Å². The van der Waals surface area contributed by atoms with Crippen LogP contribution < -0.4 is 4.74 Å². The molecule has 0 aliphatic heterocycles. The Labute approximate surface area is 225 Å². The standard InChI is InChI=1S/C25H29Cl4N3O3/c1-23(2,3)12-25(7,8)13-9-10-15(34-22(33)35-24(4,5)6)14(11-13)32-30-20-18(28)16(26)17(27)19(29)21(20)31-32/h9-11H,12H2,1-8H3. The van der Waals surface area contributed by atoms with Crippen LogP contribution in [-0.4, -0.2) is 26.8 Å². The molecule has 35 heavy (non-hydrogen) atoms. The summed E-state index contributed by atoms with van der Waals surface area (Å²) in [4.78, 5) is 13.8. The number of hydrogen-bond donors (Lipinski definition) is 0. The van der Waals surface area contributed by atoms with Gasteiger partial charge in [-0.2, -0.15) is 0 Å². The lowest BCUT2D eigenvalue weighted by Crippen LogP contribution is -2.27. The Hall–Kier alpha value is -1.73. The minimum atomic E-state index is -0.848. The third-order valence-electron chi connectivity index (χ3n) is 5.12. The van der Waals surface area contributed by atoms with Crippen molar-refractivity contribution in [1.82, 2.24) is 15.0 Å². The monoisotopic (exact) mass is 559 g/mol. The van der Waals surface area contributed by atoms with Crippen molar-refractivity contribution in [1.29, 1.82) is 0 Å². The summed E-state index contributed by atoms with van der Waals surface area (Å²) >= 11 is 25.2. The Morgan fingerprint density at radius 1 is 0.857 bits per heavy atom. The maximum atomic E-state index is 12.5. The van der Waals surface area contributed by atoms with Crippen molar-refractivity contribution in [3.63, 3.8) is 0 Å². The zero-order valence-electron chi connectivity index (χ0n) is 21.0. The summed E-state index contributed by atoms with van der Waals surface area (Å²) in [7, 11) is 0. The van der Waals surface area contributed by atoms with Gasteiger partial charge in [-0.05, 0) is 55.7 Å². The molecule has 3 aromatic rings. The first kappa shape index (κ1) is 27.9. The van der Waals surface area contributed by atoms with E-state index in [1.54, 1.807) is 26.8 Å². The van der Waals surface area contributed by atoms with Crippen LogP contribution in [0.25, 0.3) is 16.7 Å². The molecule has 0 unspecified atom stereocenters. The van der Waals surface area contributed by atoms with E-state index in [0.29, 0.717) is 5.69 Å². The molecule has 0 radical (unpaired) electrons. The lowest BCUT2D eigenvalue weighted by Gasteiger charge is -2.33. The number of aromatic nitrogens is 3. The molecule has 6 nitrogen and oxygen atoms in total. The molecule has 0 atom stereocenters. The highest BCUT2D eigenvalue weighted by Gasteiger charge is 2.30. The van der Waals surface area contributed by atoms with Gasteiger partial charge in [0.25, 0.3) is 0 Å². The van der Waals surface area contributed by atoms with Crippen LogP contribution >= 0.6 is 46.4 Å². The second-order valence-electron chi connectivity index (χ2n) is 11.3. The summed E-state index contributed by atoms with van der Waals surface area (Å²) in [5.74, 6) is 0.208. The molecule has 0 amide bonds. The molecule has 2 aromatic carbocycles. The summed E-state index contributed by atoms with van der Waals surface area (Å²) < 4.78 is 10.9. The molecule has 1 heterocycles. The molecule has 0 saturated carbocycles. The second-order valence-corrected chi connectivity index (χ2v) is 12.8. The van der Waals surface area contributed by atoms with Crippen LogP contribution in [0.1, 0.15) is 67.4 Å². The smallest absolute Gasteiger partial charge is 0.428 e. The summed E-state index contributed by atoms with van der Waals surface area (Å²) in [5.41, 5.74) is 1.12. The highest BCUT2D eigenvalue weighted by Crippen LogP contribution is 2.43. The summed E-state index contributed by atoms with van der Waals surface area (Å²) in [6.07, 6.45) is 0.0580. The Bertz CT molecular complexity index is 1240. The number of rotatable bonds is 4. The van der Waals surface area contributed by atoms with E-state index >= 15 is 0 Å². The summed E-state index contributed by atoms with van der Waals surface area (Å²) in [6.45, 7) is 16.2. The van der Waals surface area contributed by atoms with E-state index < -0.39 is 11.8 Å². The second kappa shape index (κ2) is 9.62. The first-order valence-corrected chi connectivity index (χ1v) is 12.6. The predicted octanol–water partition coefficient (Wildman–Crippen LogP) is 9.06. The number of nitrogens with zero attached hydrogens (tertiary/aromatic N) is 3. The molecular formula is C25H29Cl4N3O3. The molecule has 0 fully saturated rings. The first-order chi connectivity index (χ1) is 15.9. The van der Waals surface area contributed by atoms with Gasteiger partial charge in [-0.25, -0.2) is 4.79 Å². The SMILES string of the molecule is CC(C)(C)CC(C)(C)c1ccc(OC(=O)OC(C)(C)C)c(-n2nc3c(Cl)c(Cl)c(Cl)c(Cl)c3n2)c1. The number of ether oxygens (including phenoxy) is 2. The topological polar surface area (TPSA) is 66.2 Å². The molecule has 3 rings (SSSR count). The Balaban J connectivity index is 2.20. The average Bonchev–Trinajstić information content (AvgIpc) is 3.13. The van der Waals surface area contributed by atoms with E-state index in [2.05, 4.69) is 44.8 Å². The Kier molecular flexibility index (Phi) is 7.66. The fourth-order valence-corrected chi connectivity index (χ4v) is 4.99. The number of hydrogen-bond acceptors (Lipinski definition) is 5. The van der Waals surface area contributed by atoms with E-state index in [1.165, 1.54) is 4.80 Å². The molecule has 0 spiro atoms. The fraction of sp³-hybridized carbons (Fsp3) is 0.480. The number of fused-ring (bicyclic) bond motifs is 1. The van der Waals surface area contributed by atoms with Gasteiger partial charge in [-0.3, -0.25) is 0 Å². The van der Waals surface area contributed by atoms with E-state index in [9.17, 15) is 4.79 Å². The molecule has 0 bridgehead atoms. The van der Waals surface area contributed by atoms with Crippen LogP contribution in [0.4, 0.5) is 4.79 Å². The van der Waals surface area contributed by atoms with Crippen molar-refractivity contribution in [3.8, 4) is 11.4 Å². The van der Waals surface area contributed by atoms with Gasteiger partial charge in [-0.15, -0.1) is 15.0 Å². The van der Waals surface area contributed by atoms with Gasteiger partial charge < -0.3 is 9.47 Å². The van der Waals surface area contributed by atoms with E-state index in [4.69, 9.17) is 55.9 Å². The number of carbonyl (C=O) groups is 1. The minimum absolute atomic E-state index is 0.0858. The van der Waals surface area contributed by atoms with Gasteiger partial charge in [0.2, 0.25) is 0 Å². The average molecular weight is 561 g/mol. The van der Waals surface area contributed by atoms with E-state index in [-0.39, 0.29) is 47.7 Å². The maximum Gasteiger partial charge on any atom is 0.514 e. The number of halogens is 4. The normalized spacial score (nSPS) is 12.8. The molecule has 0 N–H and O–H groups in total. The molecular weight excluding hydrogens is 532 g/mol. The molecule has 190 valence electrons. The van der Waals surface area contributed by atoms with Gasteiger partial charge in [0.15, 0.2) is 5.75 Å². The van der Waals surface area contributed by atoms with Crippen LogP contribution in [0.2, 0.25) is 20.1 Å². The van der Waals surface area contributed by atoms with Gasteiger partial charge >= 0.3 is 6.16 Å². The van der Waals surface area contributed by atoms with E-state index in [1.807, 2.05) is 12.1 Å². The zero-order chi connectivity index (χ0) is 26.5. The first-order valence-electron chi connectivity index (χ1n) is 11.0. The summed E-state index contributed by atoms with van der Waals surface area (Å²) in [5, 5.41) is 9.42. The highest BCUT2D eigenvalue weighted by atomic mass is 35.5. The van der Waals surface area contributed by atoms with E-state index in [0.717, 1.165) is 12.0 Å². The Morgan fingerprint density at radius 2 is 1.37 bits per heavy atom. The molecule has 10 heteroatoms. The lowest BCUT2D eigenvalue weighted by atomic mass is 9.72. The summed E-state index contributed by atoms with van der Waals surface area (Å²) in [6, 6.07) is 5.51. The highest BCUT2D eigenvalue weighted by molar-refractivity contribution is 6.54.